The molecule has 5 heteroatoms. The van der Waals surface area contributed by atoms with Crippen LogP contribution in [0.5, 0.6) is 0 Å². The maximum absolute atomic E-state index is 10.9. The van der Waals surface area contributed by atoms with Gasteiger partial charge in [0, 0.05) is 12.3 Å². The lowest BCUT2D eigenvalue weighted by Gasteiger charge is -2.16. The van der Waals surface area contributed by atoms with Crippen LogP contribution in [0.15, 0.2) is 0 Å². The zero-order valence-corrected chi connectivity index (χ0v) is 10.1. The summed E-state index contributed by atoms with van der Waals surface area (Å²) in [4.78, 5) is 0. The van der Waals surface area contributed by atoms with Crippen LogP contribution < -0.4 is 11.3 Å². The van der Waals surface area contributed by atoms with Crippen LogP contribution in [0.2, 0.25) is 0 Å². The highest BCUT2D eigenvalue weighted by Crippen LogP contribution is 2.09. The maximum Gasteiger partial charge on any atom is 0.147 e. The third kappa shape index (κ3) is 8.47. The van der Waals surface area contributed by atoms with Gasteiger partial charge in [-0.2, -0.15) is 0 Å². The van der Waals surface area contributed by atoms with Crippen LogP contribution in [0, 0.1) is 5.92 Å². The summed E-state index contributed by atoms with van der Waals surface area (Å²) < 4.78 is 21.8. The first-order valence-corrected chi connectivity index (χ1v) is 7.05. The van der Waals surface area contributed by atoms with Crippen LogP contribution >= 0.6 is 0 Å². The lowest BCUT2D eigenvalue weighted by Crippen LogP contribution is -2.36. The Bertz CT molecular complexity index is 237. The first-order valence-electron chi connectivity index (χ1n) is 4.99. The van der Waals surface area contributed by atoms with Crippen molar-refractivity contribution in [2.45, 2.75) is 39.2 Å². The Hall–Kier alpha value is -0.130. The first-order chi connectivity index (χ1) is 6.35. The standard InChI is InChI=1S/C9H22N2O2S/c1-8(2)4-5-9(11-10)6-7-14(3,12)13/h8-9,11H,4-7,10H2,1-3H3. The van der Waals surface area contributed by atoms with Gasteiger partial charge in [-0.25, -0.2) is 8.42 Å². The van der Waals surface area contributed by atoms with Crippen molar-refractivity contribution in [3.63, 3.8) is 0 Å². The molecule has 0 saturated heterocycles. The van der Waals surface area contributed by atoms with E-state index >= 15 is 0 Å². The quantitative estimate of drug-likeness (QED) is 0.491. The predicted molar refractivity (Wildman–Crippen MR) is 59.5 cm³/mol. The number of hydrogen-bond acceptors (Lipinski definition) is 4. The van der Waals surface area contributed by atoms with Crippen LogP contribution in [0.25, 0.3) is 0 Å². The van der Waals surface area contributed by atoms with Gasteiger partial charge in [0.2, 0.25) is 0 Å². The number of nitrogens with one attached hydrogen (secondary N) is 1. The molecule has 0 aromatic rings. The summed E-state index contributed by atoms with van der Waals surface area (Å²) in [5.41, 5.74) is 2.67. The van der Waals surface area contributed by atoms with Gasteiger partial charge in [-0.15, -0.1) is 0 Å². The van der Waals surface area contributed by atoms with E-state index in [2.05, 4.69) is 19.3 Å². The number of sulfone groups is 1. The Morgan fingerprint density at radius 3 is 2.14 bits per heavy atom. The van der Waals surface area contributed by atoms with E-state index in [1.807, 2.05) is 0 Å². The van der Waals surface area contributed by atoms with Gasteiger partial charge in [-0.1, -0.05) is 13.8 Å². The Morgan fingerprint density at radius 1 is 1.21 bits per heavy atom. The van der Waals surface area contributed by atoms with Crippen molar-refractivity contribution < 1.29 is 8.42 Å². The average Bonchev–Trinajstić information content (AvgIpc) is 2.02. The van der Waals surface area contributed by atoms with Crippen LogP contribution in [-0.2, 0) is 9.84 Å². The molecule has 0 saturated carbocycles. The van der Waals surface area contributed by atoms with Gasteiger partial charge >= 0.3 is 0 Å². The molecule has 0 fully saturated rings. The largest absolute Gasteiger partial charge is 0.271 e. The minimum atomic E-state index is -2.86. The molecule has 0 aliphatic heterocycles. The third-order valence-electron chi connectivity index (χ3n) is 2.17. The van der Waals surface area contributed by atoms with Crippen molar-refractivity contribution in [3.8, 4) is 0 Å². The highest BCUT2D eigenvalue weighted by molar-refractivity contribution is 7.90. The molecule has 1 atom stereocenters. The van der Waals surface area contributed by atoms with Gasteiger partial charge in [-0.05, 0) is 25.2 Å². The Balaban J connectivity index is 3.80. The van der Waals surface area contributed by atoms with Gasteiger partial charge in [-0.3, -0.25) is 11.3 Å². The minimum absolute atomic E-state index is 0.118. The van der Waals surface area contributed by atoms with Crippen molar-refractivity contribution in [1.29, 1.82) is 0 Å². The predicted octanol–water partition coefficient (Wildman–Crippen LogP) is 0.689. The summed E-state index contributed by atoms with van der Waals surface area (Å²) in [6, 6.07) is 0.118. The van der Waals surface area contributed by atoms with Crippen LogP contribution in [0.4, 0.5) is 0 Å². The number of hydrogen-bond donors (Lipinski definition) is 2. The van der Waals surface area contributed by atoms with Crippen molar-refractivity contribution >= 4 is 9.84 Å². The fraction of sp³-hybridized carbons (Fsp3) is 1.00. The molecule has 0 bridgehead atoms. The van der Waals surface area contributed by atoms with Gasteiger partial charge in [0.15, 0.2) is 0 Å². The molecule has 0 heterocycles. The molecule has 0 aliphatic rings. The van der Waals surface area contributed by atoms with E-state index < -0.39 is 9.84 Å². The molecule has 1 unspecified atom stereocenters. The molecule has 3 N–H and O–H groups in total. The van der Waals surface area contributed by atoms with Crippen LogP contribution in [0.1, 0.15) is 33.1 Å². The van der Waals surface area contributed by atoms with Crippen LogP contribution in [0.3, 0.4) is 0 Å². The summed E-state index contributed by atoms with van der Waals surface area (Å²) in [5, 5.41) is 0. The van der Waals surface area contributed by atoms with E-state index in [0.29, 0.717) is 12.3 Å². The topological polar surface area (TPSA) is 72.2 Å². The van der Waals surface area contributed by atoms with E-state index in [9.17, 15) is 8.42 Å². The highest BCUT2D eigenvalue weighted by atomic mass is 32.2. The van der Waals surface area contributed by atoms with Gasteiger partial charge in [0.05, 0.1) is 5.75 Å². The summed E-state index contributed by atoms with van der Waals surface area (Å²) in [5.74, 6) is 6.18. The van der Waals surface area contributed by atoms with E-state index in [4.69, 9.17) is 5.84 Å². The van der Waals surface area contributed by atoms with Gasteiger partial charge < -0.3 is 0 Å². The van der Waals surface area contributed by atoms with Gasteiger partial charge in [0.25, 0.3) is 0 Å². The van der Waals surface area contributed by atoms with Crippen molar-refractivity contribution in [3.05, 3.63) is 0 Å². The van der Waals surface area contributed by atoms with E-state index in [0.717, 1.165) is 12.8 Å². The molecule has 0 aliphatic carbocycles. The van der Waals surface area contributed by atoms with Crippen molar-refractivity contribution in [2.75, 3.05) is 12.0 Å². The molecule has 0 aromatic carbocycles. The second kappa shape index (κ2) is 6.37. The Morgan fingerprint density at radius 2 is 1.79 bits per heavy atom. The Kier molecular flexibility index (Phi) is 6.31. The zero-order valence-electron chi connectivity index (χ0n) is 9.29. The van der Waals surface area contributed by atoms with Crippen molar-refractivity contribution in [1.82, 2.24) is 5.43 Å². The van der Waals surface area contributed by atoms with Crippen molar-refractivity contribution in [2.24, 2.45) is 11.8 Å². The fourth-order valence-corrected chi connectivity index (χ4v) is 1.91. The van der Waals surface area contributed by atoms with E-state index in [1.165, 1.54) is 6.26 Å². The third-order valence-corrected chi connectivity index (χ3v) is 3.14. The number of hydrazine groups is 1. The number of nitrogens with two attached hydrogens (primary N) is 1. The molecule has 4 nitrogen and oxygen atoms in total. The summed E-state index contributed by atoms with van der Waals surface area (Å²) >= 11 is 0. The summed E-state index contributed by atoms with van der Waals surface area (Å²) in [6.45, 7) is 4.29. The smallest absolute Gasteiger partial charge is 0.147 e. The normalized spacial score (nSPS) is 14.6. The van der Waals surface area contributed by atoms with Crippen LogP contribution in [-0.4, -0.2) is 26.5 Å². The molecule has 0 aromatic heterocycles. The second-order valence-corrected chi connectivity index (χ2v) is 6.51. The number of rotatable bonds is 7. The van der Waals surface area contributed by atoms with E-state index in [-0.39, 0.29) is 11.8 Å². The monoisotopic (exact) mass is 222 g/mol. The molecule has 0 amide bonds. The molecule has 0 rings (SSSR count). The molecule has 86 valence electrons. The molecular weight excluding hydrogens is 200 g/mol. The second-order valence-electron chi connectivity index (χ2n) is 4.25. The lowest BCUT2D eigenvalue weighted by atomic mass is 10.0. The fourth-order valence-electron chi connectivity index (χ4n) is 1.20. The van der Waals surface area contributed by atoms with E-state index in [1.54, 1.807) is 0 Å². The first kappa shape index (κ1) is 13.9. The summed E-state index contributed by atoms with van der Waals surface area (Å²) in [6.07, 6.45) is 3.85. The molecule has 14 heavy (non-hydrogen) atoms. The molecule has 0 radical (unpaired) electrons. The summed E-state index contributed by atoms with van der Waals surface area (Å²) in [7, 11) is -2.86. The molecule has 0 spiro atoms. The SMILES string of the molecule is CC(C)CCC(CCS(C)(=O)=O)NN. The lowest BCUT2D eigenvalue weighted by molar-refractivity contribution is 0.427. The maximum atomic E-state index is 10.9. The zero-order chi connectivity index (χ0) is 11.2. The minimum Gasteiger partial charge on any atom is -0.271 e. The average molecular weight is 222 g/mol. The van der Waals surface area contributed by atoms with Gasteiger partial charge in [0.1, 0.15) is 9.84 Å². The molecular formula is C9H22N2O2S. The highest BCUT2D eigenvalue weighted by Gasteiger charge is 2.11. The Labute approximate surface area is 87.1 Å².